The molecule has 1 nitrogen and oxygen atoms in total. The Morgan fingerprint density at radius 1 is 0.684 bits per heavy atom. The molecule has 0 aromatic heterocycles. The first-order valence-electron chi connectivity index (χ1n) is 8.29. The average molecular weight is 258 g/mol. The van der Waals surface area contributed by atoms with E-state index in [-0.39, 0.29) is 0 Å². The van der Waals surface area contributed by atoms with Crippen molar-refractivity contribution in [3.63, 3.8) is 0 Å². The molecule has 0 heterocycles. The van der Waals surface area contributed by atoms with Crippen molar-refractivity contribution in [3.05, 3.63) is 24.7 Å². The zero-order valence-electron chi connectivity index (χ0n) is 11.9. The van der Waals surface area contributed by atoms with Crippen molar-refractivity contribution in [2.45, 2.75) is 64.2 Å². The number of rotatable bonds is 4. The van der Waals surface area contributed by atoms with Crippen LogP contribution in [0.5, 0.6) is 0 Å². The third-order valence-electron chi connectivity index (χ3n) is 6.59. The van der Waals surface area contributed by atoms with Crippen LogP contribution in [0.2, 0.25) is 0 Å². The topological polar surface area (TPSA) is 9.23 Å². The van der Waals surface area contributed by atoms with E-state index < -0.39 is 0 Å². The summed E-state index contributed by atoms with van der Waals surface area (Å²) in [5, 5.41) is 0. The fourth-order valence-electron chi connectivity index (χ4n) is 5.35. The molecule has 0 atom stereocenters. The summed E-state index contributed by atoms with van der Waals surface area (Å²) in [4.78, 5) is 0. The van der Waals surface area contributed by atoms with Crippen LogP contribution in [0.4, 0.5) is 0 Å². The molecule has 1 heteroatoms. The number of ether oxygens (including phenoxy) is 1. The van der Waals surface area contributed by atoms with Gasteiger partial charge in [0.25, 0.3) is 0 Å². The Bertz CT molecular complexity index is 352. The van der Waals surface area contributed by atoms with E-state index in [1.165, 1.54) is 64.2 Å². The zero-order valence-corrected chi connectivity index (χ0v) is 11.9. The number of fused-ring (bicyclic) bond motifs is 4. The van der Waals surface area contributed by atoms with Gasteiger partial charge < -0.3 is 4.74 Å². The van der Waals surface area contributed by atoms with Crippen molar-refractivity contribution >= 4 is 0 Å². The maximum absolute atomic E-state index is 5.69. The molecule has 0 aromatic rings. The quantitative estimate of drug-likeness (QED) is 0.630. The number of allylic oxidation sites excluding steroid dienone is 2. The van der Waals surface area contributed by atoms with E-state index in [4.69, 9.17) is 4.74 Å². The van der Waals surface area contributed by atoms with E-state index >= 15 is 0 Å². The highest BCUT2D eigenvalue weighted by Crippen LogP contribution is 2.55. The first-order valence-corrected chi connectivity index (χ1v) is 8.29. The molecule has 4 rings (SSSR count). The highest BCUT2D eigenvalue weighted by atomic mass is 16.5. The maximum atomic E-state index is 5.69. The van der Waals surface area contributed by atoms with E-state index in [9.17, 15) is 0 Å². The monoisotopic (exact) mass is 258 g/mol. The molecule has 4 aliphatic carbocycles. The molecule has 0 aliphatic heterocycles. The van der Waals surface area contributed by atoms with Gasteiger partial charge >= 0.3 is 0 Å². The second-order valence-electron chi connectivity index (χ2n) is 7.76. The summed E-state index contributed by atoms with van der Waals surface area (Å²) in [7, 11) is 0. The van der Waals surface area contributed by atoms with Gasteiger partial charge in [-0.25, -0.2) is 0 Å². The molecule has 0 N–H and O–H groups in total. The second kappa shape index (κ2) is 4.40. The Labute approximate surface area is 117 Å². The predicted molar refractivity (Wildman–Crippen MR) is 77.4 cm³/mol. The first-order chi connectivity index (χ1) is 9.28. The fourth-order valence-corrected chi connectivity index (χ4v) is 5.35. The van der Waals surface area contributed by atoms with Crippen LogP contribution < -0.4 is 0 Å². The molecule has 19 heavy (non-hydrogen) atoms. The van der Waals surface area contributed by atoms with Gasteiger partial charge in [0.15, 0.2) is 0 Å². The Hall–Kier alpha value is -0.720. The van der Waals surface area contributed by atoms with Crippen molar-refractivity contribution in [1.82, 2.24) is 0 Å². The van der Waals surface area contributed by atoms with Crippen LogP contribution >= 0.6 is 0 Å². The van der Waals surface area contributed by atoms with Crippen LogP contribution in [0.1, 0.15) is 64.2 Å². The second-order valence-corrected chi connectivity index (χ2v) is 7.76. The number of hydrogen-bond donors (Lipinski definition) is 0. The molecule has 4 bridgehead atoms. The predicted octanol–water partition coefficient (Wildman–Crippen LogP) is 5.19. The van der Waals surface area contributed by atoms with Crippen LogP contribution in [0.3, 0.4) is 0 Å². The summed E-state index contributed by atoms with van der Waals surface area (Å²) in [5.74, 6) is 2.04. The van der Waals surface area contributed by atoms with Crippen LogP contribution in [-0.2, 0) is 4.74 Å². The minimum Gasteiger partial charge on any atom is -0.473 e. The molecule has 104 valence electrons. The van der Waals surface area contributed by atoms with Crippen molar-refractivity contribution in [2.24, 2.45) is 22.7 Å². The normalized spacial score (nSPS) is 48.0. The van der Waals surface area contributed by atoms with Crippen molar-refractivity contribution in [3.8, 4) is 0 Å². The van der Waals surface area contributed by atoms with E-state index in [0.717, 1.165) is 11.8 Å². The van der Waals surface area contributed by atoms with Gasteiger partial charge in [-0.15, -0.1) is 0 Å². The van der Waals surface area contributed by atoms with Gasteiger partial charge in [-0.1, -0.05) is 0 Å². The van der Waals surface area contributed by atoms with Crippen molar-refractivity contribution < 1.29 is 4.74 Å². The molecule has 0 saturated heterocycles. The Balaban J connectivity index is 1.31. The van der Waals surface area contributed by atoms with Crippen molar-refractivity contribution in [2.75, 3.05) is 0 Å². The standard InChI is InChI=1S/C18H26O/c1-5-17(6-2-15(1)13-17)9-11-19-12-10-18-7-3-16(14-18)4-8-18/h9-12,15-16H,1-8,13-14H2. The molecule has 0 radical (unpaired) electrons. The molecule has 0 amide bonds. The van der Waals surface area contributed by atoms with Gasteiger partial charge in [0.05, 0.1) is 12.5 Å². The highest BCUT2D eigenvalue weighted by molar-refractivity contribution is 5.09. The molecule has 4 fully saturated rings. The average Bonchev–Trinajstić information content (AvgIpc) is 3.18. The summed E-state index contributed by atoms with van der Waals surface area (Å²) in [6.45, 7) is 0. The van der Waals surface area contributed by atoms with Crippen LogP contribution in [0.15, 0.2) is 24.7 Å². The van der Waals surface area contributed by atoms with Crippen molar-refractivity contribution in [1.29, 1.82) is 0 Å². The van der Waals surface area contributed by atoms with Gasteiger partial charge in [-0.05, 0) is 99.0 Å². The SMILES string of the molecule is C(=CC12CCC(CC1)C2)OC=CC12CCC(CC1)C2. The lowest BCUT2D eigenvalue weighted by Crippen LogP contribution is -2.10. The highest BCUT2D eigenvalue weighted by Gasteiger charge is 2.43. The number of hydrogen-bond acceptors (Lipinski definition) is 1. The van der Waals surface area contributed by atoms with Crippen LogP contribution in [-0.4, -0.2) is 0 Å². The summed E-state index contributed by atoms with van der Waals surface area (Å²) < 4.78 is 5.69. The first kappa shape index (κ1) is 12.1. The maximum Gasteiger partial charge on any atom is 0.0866 e. The molecule has 4 saturated carbocycles. The van der Waals surface area contributed by atoms with Crippen LogP contribution in [0, 0.1) is 22.7 Å². The van der Waals surface area contributed by atoms with E-state index in [2.05, 4.69) is 12.2 Å². The van der Waals surface area contributed by atoms with Crippen LogP contribution in [0.25, 0.3) is 0 Å². The zero-order chi connectivity index (χ0) is 12.8. The third-order valence-corrected chi connectivity index (χ3v) is 6.59. The summed E-state index contributed by atoms with van der Waals surface area (Å²) in [6, 6.07) is 0. The van der Waals surface area contributed by atoms with Gasteiger partial charge in [0, 0.05) is 0 Å². The largest absolute Gasteiger partial charge is 0.473 e. The smallest absolute Gasteiger partial charge is 0.0866 e. The minimum atomic E-state index is 0.516. The summed E-state index contributed by atoms with van der Waals surface area (Å²) >= 11 is 0. The van der Waals surface area contributed by atoms with E-state index in [1.807, 2.05) is 12.5 Å². The van der Waals surface area contributed by atoms with Gasteiger partial charge in [0.1, 0.15) is 0 Å². The molecule has 0 spiro atoms. The lowest BCUT2D eigenvalue weighted by molar-refractivity contribution is 0.335. The summed E-state index contributed by atoms with van der Waals surface area (Å²) in [6.07, 6.45) is 22.9. The minimum absolute atomic E-state index is 0.516. The molecular weight excluding hydrogens is 232 g/mol. The Morgan fingerprint density at radius 3 is 1.42 bits per heavy atom. The third kappa shape index (κ3) is 2.15. The lowest BCUT2D eigenvalue weighted by Gasteiger charge is -2.22. The van der Waals surface area contributed by atoms with Gasteiger partial charge in [-0.3, -0.25) is 0 Å². The Kier molecular flexibility index (Phi) is 2.79. The van der Waals surface area contributed by atoms with Gasteiger partial charge in [0.2, 0.25) is 0 Å². The lowest BCUT2D eigenvalue weighted by atomic mass is 9.84. The van der Waals surface area contributed by atoms with Gasteiger partial charge in [-0.2, -0.15) is 0 Å². The molecule has 0 unspecified atom stereocenters. The van der Waals surface area contributed by atoms with E-state index in [0.29, 0.717) is 10.8 Å². The Morgan fingerprint density at radius 2 is 1.11 bits per heavy atom. The molecular formula is C18H26O. The fraction of sp³-hybridized carbons (Fsp3) is 0.778. The molecule has 0 aromatic carbocycles. The molecule has 4 aliphatic rings. The van der Waals surface area contributed by atoms with E-state index in [1.54, 1.807) is 0 Å². The summed E-state index contributed by atoms with van der Waals surface area (Å²) in [5.41, 5.74) is 1.03.